The maximum atomic E-state index is 13.5. The predicted octanol–water partition coefficient (Wildman–Crippen LogP) is 7.71. The number of aromatic nitrogens is 6. The van der Waals surface area contributed by atoms with Crippen LogP contribution in [0.3, 0.4) is 0 Å². The second-order valence-electron chi connectivity index (χ2n) is 34.0. The number of benzene rings is 5. The van der Waals surface area contributed by atoms with Crippen LogP contribution in [0.4, 0.5) is 0 Å². The van der Waals surface area contributed by atoms with Gasteiger partial charge in [0.15, 0.2) is 22.3 Å². The molecule has 0 saturated carbocycles. The molecule has 9 aliphatic heterocycles. The van der Waals surface area contributed by atoms with Gasteiger partial charge in [0.1, 0.15) is 107 Å². The van der Waals surface area contributed by atoms with E-state index in [2.05, 4.69) is 61.5 Å². The minimum absolute atomic E-state index is 0.00133. The first-order valence-electron chi connectivity index (χ1n) is 42.7. The number of aromatic hydroxyl groups is 1. The third kappa shape index (κ3) is 15.1. The van der Waals surface area contributed by atoms with E-state index in [1.807, 2.05) is 30.3 Å². The largest absolute Gasteiger partial charge is 0.507 e. The molecule has 5 aromatic carbocycles. The van der Waals surface area contributed by atoms with Gasteiger partial charge in [0.2, 0.25) is 47.3 Å². The lowest BCUT2D eigenvalue weighted by Gasteiger charge is -2.29. The first kappa shape index (κ1) is 86.0. The number of aliphatic hydroxyl groups excluding tert-OH is 1. The molecule has 9 aromatic heterocycles. The molecule has 12 amide bonds. The average molecular weight is 1820 g/mol. The number of phenolic OH excluding ortho intramolecular Hbond substituents is 1. The van der Waals surface area contributed by atoms with Crippen molar-refractivity contribution in [2.24, 2.45) is 4.99 Å². The maximum absolute atomic E-state index is 13.5. The summed E-state index contributed by atoms with van der Waals surface area (Å²) < 4.78 is 45.3. The van der Waals surface area contributed by atoms with E-state index in [9.17, 15) is 67.7 Å². The number of carbonyl (C=O) groups excluding carboxylic acids is 12. The Kier molecular flexibility index (Phi) is 21.5. The molecule has 0 spiro atoms. The van der Waals surface area contributed by atoms with Crippen molar-refractivity contribution < 1.29 is 104 Å². The maximum Gasteiger partial charge on any atom is 0.254 e. The molecule has 4 fully saturated rings. The first-order valence-corrected chi connectivity index (χ1v) is 42.7. The SMILES string of the molecule is COc1ccc2c(c1)C(=O)N(C[C@@]1(c3cc4ncc(-c5ncc[nH]5)cc4o3)CC(=O)NC1=O)C2.COc1ccc2c(c1)C(=O)N(C[C@@]1(c3cc4ncc(C5=NCCN5)cc4o3)CC(=O)NC1=O)C2.COc1ccc2c(c1)C(=O)N(C[C@@]1(c3cc4ncc(CO)cc4o3)CC(=O)NC1=O)C2.COc1ccc2c(c1)C(=O)N(C[C@@]1(c3oc4cccnc4c3-c3ccccc3O)CC(=O)NC1=O)C2. The van der Waals surface area contributed by atoms with E-state index in [1.165, 1.54) is 38.5 Å². The molecular formula is C97H80N16O22. The molecule has 0 unspecified atom stereocenters. The van der Waals surface area contributed by atoms with Crippen molar-refractivity contribution in [1.82, 2.24) is 76.1 Å². The summed E-state index contributed by atoms with van der Waals surface area (Å²) in [5, 5.41) is 32.7. The second kappa shape index (κ2) is 33.7. The lowest BCUT2D eigenvalue weighted by atomic mass is 9.79. The van der Waals surface area contributed by atoms with Gasteiger partial charge in [-0.25, -0.2) is 4.98 Å². The van der Waals surface area contributed by atoms with E-state index < -0.39 is 68.9 Å². The fourth-order valence-electron chi connectivity index (χ4n) is 18.9. The van der Waals surface area contributed by atoms with Gasteiger partial charge in [-0.1, -0.05) is 42.5 Å². The molecule has 135 heavy (non-hydrogen) atoms. The van der Waals surface area contributed by atoms with Gasteiger partial charge < -0.3 is 76.7 Å². The number of hydrogen-bond acceptors (Lipinski definition) is 29. The van der Waals surface area contributed by atoms with Crippen LogP contribution in [0.15, 0.2) is 205 Å². The number of aromatic amines is 1. The summed E-state index contributed by atoms with van der Waals surface area (Å²) in [7, 11) is 6.13. The van der Waals surface area contributed by atoms with Crippen molar-refractivity contribution in [2.75, 3.05) is 67.7 Å². The van der Waals surface area contributed by atoms with E-state index in [0.717, 1.165) is 45.8 Å². The van der Waals surface area contributed by atoms with E-state index in [0.29, 0.717) is 144 Å². The van der Waals surface area contributed by atoms with Crippen molar-refractivity contribution >= 4 is 121 Å². The van der Waals surface area contributed by atoms with Gasteiger partial charge in [0, 0.05) is 153 Å². The fraction of sp³-hybridized carbons (Fsp3) is 0.237. The standard InChI is InChI=1S/C27H21N3O6.C24H21N5O5.C24H19N5O5.C22H19N3O6/c1-35-16-9-8-15-13-30(25(33)18(15)11-16)14-27(12-21(32)29-26(27)34)24-22(17-5-2-3-6-19(17)31)23-20(36-24)7-4-10-28-23;2*1-33-15-3-2-13-11-29(22(31)16(13)7-15)12-24(9-20(30)28-23(24)32)19-8-17-18(34-19)6-14(10-27-17)21-25-4-5-26-21;1-30-14-3-2-13-9-25(20(28)15(13)5-14)11-22(7-19(27)24-21(22)29)18-6-16-17(31-18)4-12(10-26)8-23-16/h2-11,31H,12-14H2,1H3,(H,29,32,34);2-3,6-8,10H,4-5,9,11-12H2,1H3,(H,25,26)(H,28,30,32);2-8,10H,9,11-12H2,1H3,(H,25,26)(H,28,30,32);2-6,8,26H,7,9-11H2,1H3,(H,24,27,29)/t27-;2*24-;22-/m1111/s1. The van der Waals surface area contributed by atoms with Crippen LogP contribution in [0.25, 0.3) is 66.9 Å². The Labute approximate surface area is 763 Å². The first-order chi connectivity index (χ1) is 65.3. The van der Waals surface area contributed by atoms with Crippen LogP contribution in [0.1, 0.15) is 124 Å². The van der Waals surface area contributed by atoms with Gasteiger partial charge in [0.25, 0.3) is 23.6 Å². The fourth-order valence-corrected chi connectivity index (χ4v) is 18.9. The Morgan fingerprint density at radius 1 is 0.407 bits per heavy atom. The van der Waals surface area contributed by atoms with Gasteiger partial charge in [-0.2, -0.15) is 0 Å². The van der Waals surface area contributed by atoms with Crippen molar-refractivity contribution in [3.63, 3.8) is 0 Å². The molecule has 18 heterocycles. The van der Waals surface area contributed by atoms with Crippen molar-refractivity contribution in [3.8, 4) is 51.3 Å². The van der Waals surface area contributed by atoms with Crippen molar-refractivity contribution in [1.29, 1.82) is 0 Å². The van der Waals surface area contributed by atoms with Gasteiger partial charge in [-0.15, -0.1) is 0 Å². The summed E-state index contributed by atoms with van der Waals surface area (Å²) in [4.78, 5) is 190. The van der Waals surface area contributed by atoms with Crippen LogP contribution in [0.5, 0.6) is 28.7 Å². The Morgan fingerprint density at radius 2 is 0.815 bits per heavy atom. The number of imide groups is 4. The van der Waals surface area contributed by atoms with E-state index in [-0.39, 0.29) is 112 Å². The molecule has 680 valence electrons. The van der Waals surface area contributed by atoms with Crippen LogP contribution in [0, 0.1) is 0 Å². The average Bonchev–Trinajstić information content (AvgIpc) is 1.56. The minimum atomic E-state index is -1.52. The number of methoxy groups -OCH3 is 4. The normalized spacial score (nSPS) is 20.2. The predicted molar refractivity (Wildman–Crippen MR) is 475 cm³/mol. The number of H-pyrrole nitrogens is 1. The number of para-hydroxylation sites is 1. The van der Waals surface area contributed by atoms with Crippen LogP contribution in [0.2, 0.25) is 0 Å². The number of nitrogens with one attached hydrogen (secondary N) is 6. The minimum Gasteiger partial charge on any atom is -0.507 e. The summed E-state index contributed by atoms with van der Waals surface area (Å²) in [6.07, 6.45) is 9.21. The quantitative estimate of drug-likeness (QED) is 0.0338. The summed E-state index contributed by atoms with van der Waals surface area (Å²) >= 11 is 0. The second-order valence-corrected chi connectivity index (χ2v) is 34.0. The summed E-state index contributed by atoms with van der Waals surface area (Å²) in [6.45, 7) is 2.37. The number of aliphatic imine (C=N–C) groups is 1. The number of amidine groups is 1. The number of hydrogen-bond donors (Lipinski definition) is 8. The lowest BCUT2D eigenvalue weighted by Crippen LogP contribution is -2.46. The monoisotopic (exact) mass is 1820 g/mol. The number of amides is 12. The summed E-state index contributed by atoms with van der Waals surface area (Å²) in [5.74, 6) is -0.0762. The molecule has 38 nitrogen and oxygen atoms in total. The topological polar surface area (TPSA) is 500 Å². The zero-order valence-electron chi connectivity index (χ0n) is 72.5. The molecule has 4 saturated heterocycles. The number of imidazole rings is 1. The molecule has 4 atom stereocenters. The van der Waals surface area contributed by atoms with Gasteiger partial charge in [0.05, 0.1) is 72.8 Å². The molecule has 9 aliphatic rings. The lowest BCUT2D eigenvalue weighted by molar-refractivity contribution is -0.128. The van der Waals surface area contributed by atoms with Gasteiger partial charge in [-0.3, -0.25) is 104 Å². The van der Waals surface area contributed by atoms with Gasteiger partial charge >= 0.3 is 0 Å². The highest BCUT2D eigenvalue weighted by atomic mass is 16.5. The third-order valence-corrected chi connectivity index (χ3v) is 25.8. The molecule has 0 aliphatic carbocycles. The van der Waals surface area contributed by atoms with E-state index in [4.69, 9.17) is 36.6 Å². The highest BCUT2D eigenvalue weighted by Gasteiger charge is 2.58. The number of rotatable bonds is 20. The van der Waals surface area contributed by atoms with Gasteiger partial charge in [-0.05, 0) is 113 Å². The number of ether oxygens (including phenoxy) is 4. The smallest absolute Gasteiger partial charge is 0.254 e. The Morgan fingerprint density at radius 3 is 1.21 bits per heavy atom. The molecule has 38 heteroatoms. The Hall–Kier alpha value is -17.1. The number of furan rings is 4. The molecule has 8 N–H and O–H groups in total. The number of fused-ring (bicyclic) bond motifs is 8. The molecule has 0 bridgehead atoms. The number of carbonyl (C=O) groups is 12. The zero-order chi connectivity index (χ0) is 93.7. The van der Waals surface area contributed by atoms with Crippen LogP contribution < -0.4 is 45.5 Å². The third-order valence-electron chi connectivity index (χ3n) is 25.8. The molecule has 23 rings (SSSR count). The molecule has 14 aromatic rings. The zero-order valence-corrected chi connectivity index (χ0v) is 72.5. The summed E-state index contributed by atoms with van der Waals surface area (Å²) in [6, 6.07) is 41.4. The number of phenols is 1. The van der Waals surface area contributed by atoms with Crippen LogP contribution >= 0.6 is 0 Å². The van der Waals surface area contributed by atoms with E-state index >= 15 is 0 Å². The summed E-state index contributed by atoms with van der Waals surface area (Å²) in [5.41, 5.74) is 6.44. The molecular weight excluding hydrogens is 1740 g/mol. The van der Waals surface area contributed by atoms with Crippen molar-refractivity contribution in [3.05, 3.63) is 261 Å². The highest BCUT2D eigenvalue weighted by Crippen LogP contribution is 2.49. The van der Waals surface area contributed by atoms with E-state index in [1.54, 1.807) is 162 Å². The van der Waals surface area contributed by atoms with Crippen LogP contribution in [-0.4, -0.2) is 204 Å². The number of aliphatic hydroxyl groups is 1. The Bertz CT molecular complexity index is 7440. The number of nitrogens with zero attached hydrogens (tertiary/aromatic N) is 10. The highest BCUT2D eigenvalue weighted by molar-refractivity contribution is 6.14. The molecule has 0 radical (unpaired) electrons. The van der Waals surface area contributed by atoms with Crippen molar-refractivity contribution in [2.45, 2.75) is 80.1 Å². The van der Waals surface area contributed by atoms with Crippen LogP contribution in [-0.2, 0) is 92.8 Å². The Balaban J connectivity index is 0.000000112. The number of pyridine rings is 4.